The second-order valence-corrected chi connectivity index (χ2v) is 7.49. The number of hydrogen-bond acceptors (Lipinski definition) is 5. The molecular formula is C9H12ClN3O3S2. The molecule has 1 aliphatic heterocycles. The molecule has 1 atom stereocenters. The molecule has 6 nitrogen and oxygen atoms in total. The first-order valence-electron chi connectivity index (χ1n) is 5.30. The van der Waals surface area contributed by atoms with Crippen molar-refractivity contribution in [2.24, 2.45) is 0 Å². The minimum absolute atomic E-state index is 0.0533. The van der Waals surface area contributed by atoms with E-state index < -0.39 is 10.0 Å². The number of thiazole rings is 1. The molecule has 1 unspecified atom stereocenters. The maximum atomic E-state index is 12.1. The number of sulfonamides is 1. The highest BCUT2D eigenvalue weighted by Crippen LogP contribution is 2.26. The van der Waals surface area contributed by atoms with Crippen LogP contribution in [0.5, 0.6) is 0 Å². The number of amides is 1. The van der Waals surface area contributed by atoms with Gasteiger partial charge in [0.15, 0.2) is 8.68 Å². The summed E-state index contributed by atoms with van der Waals surface area (Å²) < 4.78 is 27.1. The maximum Gasteiger partial charge on any atom is 0.252 e. The van der Waals surface area contributed by atoms with Crippen LogP contribution in [0.15, 0.2) is 4.21 Å². The van der Waals surface area contributed by atoms with E-state index in [1.165, 1.54) is 0 Å². The van der Waals surface area contributed by atoms with Gasteiger partial charge < -0.3 is 5.32 Å². The van der Waals surface area contributed by atoms with Crippen LogP contribution in [0, 0.1) is 6.92 Å². The Balaban J connectivity index is 2.12. The summed E-state index contributed by atoms with van der Waals surface area (Å²) in [6.45, 7) is 1.91. The third-order valence-electron chi connectivity index (χ3n) is 2.56. The normalized spacial score (nSPS) is 20.8. The number of nitrogens with zero attached hydrogens (tertiary/aromatic N) is 1. The molecule has 0 bridgehead atoms. The molecule has 1 amide bonds. The topological polar surface area (TPSA) is 88.2 Å². The minimum Gasteiger partial charge on any atom is -0.355 e. The van der Waals surface area contributed by atoms with Gasteiger partial charge in [0, 0.05) is 19.0 Å². The van der Waals surface area contributed by atoms with Crippen molar-refractivity contribution < 1.29 is 13.2 Å². The molecule has 9 heteroatoms. The zero-order valence-corrected chi connectivity index (χ0v) is 12.0. The number of rotatable bonds is 3. The molecule has 1 aliphatic rings. The van der Waals surface area contributed by atoms with Gasteiger partial charge in [-0.25, -0.2) is 18.1 Å². The Morgan fingerprint density at radius 1 is 1.56 bits per heavy atom. The molecule has 2 heterocycles. The van der Waals surface area contributed by atoms with Crippen LogP contribution in [0.1, 0.15) is 18.5 Å². The van der Waals surface area contributed by atoms with E-state index in [2.05, 4.69) is 15.0 Å². The largest absolute Gasteiger partial charge is 0.355 e. The van der Waals surface area contributed by atoms with Gasteiger partial charge in [-0.05, 0) is 13.3 Å². The first kappa shape index (κ1) is 13.7. The van der Waals surface area contributed by atoms with Crippen LogP contribution >= 0.6 is 22.9 Å². The second kappa shape index (κ2) is 5.12. The van der Waals surface area contributed by atoms with Crippen molar-refractivity contribution in [1.82, 2.24) is 15.0 Å². The van der Waals surface area contributed by atoms with E-state index in [4.69, 9.17) is 11.6 Å². The van der Waals surface area contributed by atoms with Gasteiger partial charge in [0.25, 0.3) is 10.0 Å². The lowest BCUT2D eigenvalue weighted by atomic mass is 10.1. The van der Waals surface area contributed by atoms with Crippen LogP contribution in [-0.4, -0.2) is 31.9 Å². The van der Waals surface area contributed by atoms with Crippen LogP contribution in [0.2, 0.25) is 4.47 Å². The Morgan fingerprint density at radius 3 is 2.78 bits per heavy atom. The zero-order valence-electron chi connectivity index (χ0n) is 9.57. The van der Waals surface area contributed by atoms with Crippen LogP contribution in [0.4, 0.5) is 0 Å². The molecule has 1 aromatic heterocycles. The molecule has 2 N–H and O–H groups in total. The Labute approximate surface area is 114 Å². The van der Waals surface area contributed by atoms with Gasteiger partial charge in [-0.15, -0.1) is 0 Å². The monoisotopic (exact) mass is 309 g/mol. The summed E-state index contributed by atoms with van der Waals surface area (Å²) >= 11 is 6.62. The van der Waals surface area contributed by atoms with Gasteiger partial charge in [-0.3, -0.25) is 4.79 Å². The molecule has 100 valence electrons. The van der Waals surface area contributed by atoms with Gasteiger partial charge in [0.2, 0.25) is 5.91 Å². The first-order chi connectivity index (χ1) is 8.38. The molecule has 18 heavy (non-hydrogen) atoms. The molecule has 2 rings (SSSR count). The Hall–Kier alpha value is -0.700. The molecule has 0 aromatic carbocycles. The molecule has 0 aliphatic carbocycles. The molecule has 1 aromatic rings. The average molecular weight is 310 g/mol. The number of nitrogens with one attached hydrogen (secondary N) is 2. The molecule has 0 radical (unpaired) electrons. The van der Waals surface area contributed by atoms with Crippen LogP contribution in [0.3, 0.4) is 0 Å². The van der Waals surface area contributed by atoms with Crippen molar-refractivity contribution in [3.63, 3.8) is 0 Å². The maximum absolute atomic E-state index is 12.1. The molecule has 1 saturated heterocycles. The highest BCUT2D eigenvalue weighted by atomic mass is 35.5. The number of aromatic nitrogens is 1. The Morgan fingerprint density at radius 2 is 2.28 bits per heavy atom. The van der Waals surface area contributed by atoms with Gasteiger partial charge in [0.1, 0.15) is 0 Å². The third kappa shape index (κ3) is 3.00. The zero-order chi connectivity index (χ0) is 13.3. The average Bonchev–Trinajstić information content (AvgIpc) is 2.62. The number of carbonyl (C=O) groups excluding carboxylic acids is 1. The summed E-state index contributed by atoms with van der Waals surface area (Å²) in [5.41, 5.74) is 0.386. The van der Waals surface area contributed by atoms with Crippen LogP contribution in [-0.2, 0) is 14.8 Å². The van der Waals surface area contributed by atoms with Crippen molar-refractivity contribution in [3.8, 4) is 0 Å². The molecule has 0 spiro atoms. The number of hydrogen-bond donors (Lipinski definition) is 2. The van der Waals surface area contributed by atoms with Crippen molar-refractivity contribution in [2.75, 3.05) is 6.54 Å². The lowest BCUT2D eigenvalue weighted by Gasteiger charge is -2.22. The van der Waals surface area contributed by atoms with Gasteiger partial charge in [-0.2, -0.15) is 0 Å². The summed E-state index contributed by atoms with van der Waals surface area (Å²) in [6, 6.07) is -0.284. The van der Waals surface area contributed by atoms with E-state index in [9.17, 15) is 13.2 Å². The predicted molar refractivity (Wildman–Crippen MR) is 68.2 cm³/mol. The summed E-state index contributed by atoms with van der Waals surface area (Å²) in [7, 11) is -3.62. The Bertz CT molecular complexity index is 560. The highest BCUT2D eigenvalue weighted by Gasteiger charge is 2.27. The molecular weight excluding hydrogens is 298 g/mol. The van der Waals surface area contributed by atoms with Crippen LogP contribution in [0.25, 0.3) is 0 Å². The van der Waals surface area contributed by atoms with Crippen LogP contribution < -0.4 is 10.0 Å². The number of halogens is 1. The van der Waals surface area contributed by atoms with Crippen molar-refractivity contribution in [2.45, 2.75) is 30.0 Å². The smallest absolute Gasteiger partial charge is 0.252 e. The van der Waals surface area contributed by atoms with E-state index in [-0.39, 0.29) is 20.6 Å². The SMILES string of the molecule is Cc1nc(Cl)sc1S(=O)(=O)NC1CCC(=O)NC1. The summed E-state index contributed by atoms with van der Waals surface area (Å²) in [5, 5.41) is 2.62. The second-order valence-electron chi connectivity index (χ2n) is 4.00. The fraction of sp³-hybridized carbons (Fsp3) is 0.556. The van der Waals surface area contributed by atoms with E-state index in [0.717, 1.165) is 11.3 Å². The lowest BCUT2D eigenvalue weighted by Crippen LogP contribution is -2.47. The van der Waals surface area contributed by atoms with Crippen molar-refractivity contribution in [3.05, 3.63) is 10.2 Å². The van der Waals surface area contributed by atoms with E-state index in [0.29, 0.717) is 25.1 Å². The first-order valence-corrected chi connectivity index (χ1v) is 7.98. The van der Waals surface area contributed by atoms with Crippen molar-refractivity contribution in [1.29, 1.82) is 0 Å². The molecule has 0 saturated carbocycles. The van der Waals surface area contributed by atoms with Gasteiger partial charge in [-0.1, -0.05) is 22.9 Å². The number of aryl methyl sites for hydroxylation is 1. The van der Waals surface area contributed by atoms with E-state index in [1.807, 2.05) is 0 Å². The summed E-state index contributed by atoms with van der Waals surface area (Å²) in [4.78, 5) is 14.9. The standard InChI is InChI=1S/C9H12ClN3O3S2/c1-5-8(17-9(10)12-5)18(15,16)13-6-2-3-7(14)11-4-6/h6,13H,2-4H2,1H3,(H,11,14). The Kier molecular flexibility index (Phi) is 3.90. The third-order valence-corrected chi connectivity index (χ3v) is 5.95. The fourth-order valence-corrected chi connectivity index (χ4v) is 4.73. The minimum atomic E-state index is -3.62. The van der Waals surface area contributed by atoms with E-state index >= 15 is 0 Å². The van der Waals surface area contributed by atoms with Crippen molar-refractivity contribution >= 4 is 38.9 Å². The highest BCUT2D eigenvalue weighted by molar-refractivity contribution is 7.91. The number of piperidine rings is 1. The lowest BCUT2D eigenvalue weighted by molar-refractivity contribution is -0.122. The van der Waals surface area contributed by atoms with E-state index in [1.54, 1.807) is 6.92 Å². The summed E-state index contributed by atoms with van der Waals surface area (Å²) in [5.74, 6) is -0.0533. The summed E-state index contributed by atoms with van der Waals surface area (Å²) in [6.07, 6.45) is 0.826. The molecule has 1 fully saturated rings. The quantitative estimate of drug-likeness (QED) is 0.858. The predicted octanol–water partition coefficient (Wildman–Crippen LogP) is 0.662. The number of carbonyl (C=O) groups is 1. The van der Waals surface area contributed by atoms with Gasteiger partial charge in [0.05, 0.1) is 5.69 Å². The fourth-order valence-electron chi connectivity index (χ4n) is 1.71. The van der Waals surface area contributed by atoms with Gasteiger partial charge >= 0.3 is 0 Å².